The van der Waals surface area contributed by atoms with E-state index in [1.807, 2.05) is 91.0 Å². The van der Waals surface area contributed by atoms with Crippen LogP contribution in [0, 0.1) is 0 Å². The van der Waals surface area contributed by atoms with Crippen LogP contribution in [-0.4, -0.2) is 73.7 Å². The summed E-state index contributed by atoms with van der Waals surface area (Å²) in [6.07, 6.45) is -1.91. The standard InChI is InChI=1S/C47H63N3O7Si2/c1-11-31-52-44-47(49-50-48,35-56-59(46(5,6)7,39-23-17-13-18-24-39)40-25-19-14-20-26-40)43(54-33-36-21-15-12-16-22-36)42(53-32-37-27-29-38(51-8)30-28-37)41(57-44)34-55-58(9,10)45(2,3)4/h11-30,41-44H,1,31-35H2,2-10H3/t41-,42-,43+,44+,47+/m1/s1. The normalized spacial score (nSPS) is 21.4. The maximum absolute atomic E-state index is 10.6. The monoisotopic (exact) mass is 837 g/mol. The van der Waals surface area contributed by atoms with E-state index in [2.05, 4.69) is 95.5 Å². The zero-order valence-corrected chi connectivity index (χ0v) is 38.3. The molecule has 1 heterocycles. The maximum Gasteiger partial charge on any atom is 0.261 e. The molecule has 0 N–H and O–H groups in total. The summed E-state index contributed by atoms with van der Waals surface area (Å²) in [6, 6.07) is 38.4. The molecule has 10 nitrogen and oxygen atoms in total. The van der Waals surface area contributed by atoms with E-state index in [9.17, 15) is 5.53 Å². The molecule has 0 radical (unpaired) electrons. The lowest BCUT2D eigenvalue weighted by Gasteiger charge is -2.53. The molecule has 0 aromatic heterocycles. The van der Waals surface area contributed by atoms with E-state index < -0.39 is 46.8 Å². The van der Waals surface area contributed by atoms with E-state index >= 15 is 0 Å². The molecule has 0 spiro atoms. The van der Waals surface area contributed by atoms with Gasteiger partial charge in [-0.3, -0.25) is 0 Å². The average Bonchev–Trinajstić information content (AvgIpc) is 3.22. The summed E-state index contributed by atoms with van der Waals surface area (Å²) in [7, 11) is -3.86. The van der Waals surface area contributed by atoms with Crippen molar-refractivity contribution in [3.05, 3.63) is 149 Å². The molecular weight excluding hydrogens is 775 g/mol. The van der Waals surface area contributed by atoms with Crippen LogP contribution in [0.4, 0.5) is 0 Å². The van der Waals surface area contributed by atoms with Crippen molar-refractivity contribution in [2.75, 3.05) is 26.9 Å². The number of azide groups is 1. The molecule has 0 bridgehead atoms. The molecule has 0 amide bonds. The summed E-state index contributed by atoms with van der Waals surface area (Å²) < 4.78 is 47.5. The first-order chi connectivity index (χ1) is 28.1. The van der Waals surface area contributed by atoms with Crippen molar-refractivity contribution >= 4 is 27.0 Å². The zero-order valence-electron chi connectivity index (χ0n) is 36.3. The SMILES string of the molecule is C=CCO[C@H]1O[C@H](CO[Si](C)(C)C(C)(C)C)[C@@H](OCc2ccc(OC)cc2)[C@H](OCc2ccccc2)[C@]1(CO[Si](c1ccccc1)(c1ccccc1)C(C)(C)C)N=[N+]=[N-]. The predicted molar refractivity (Wildman–Crippen MR) is 240 cm³/mol. The average molecular weight is 838 g/mol. The number of nitrogens with zero attached hydrogens (tertiary/aromatic N) is 3. The number of ether oxygens (including phenoxy) is 5. The van der Waals surface area contributed by atoms with Gasteiger partial charge in [-0.05, 0) is 62.3 Å². The molecule has 0 aliphatic carbocycles. The number of hydrogen-bond donors (Lipinski definition) is 0. The number of hydrogen-bond acceptors (Lipinski definition) is 8. The molecule has 4 aromatic carbocycles. The molecule has 1 aliphatic heterocycles. The van der Waals surface area contributed by atoms with Gasteiger partial charge in [-0.2, -0.15) is 0 Å². The van der Waals surface area contributed by atoms with Gasteiger partial charge in [0.1, 0.15) is 24.1 Å². The van der Waals surface area contributed by atoms with Gasteiger partial charge in [0.15, 0.2) is 20.1 Å². The minimum Gasteiger partial charge on any atom is -0.497 e. The van der Waals surface area contributed by atoms with Crippen molar-refractivity contribution in [1.29, 1.82) is 0 Å². The minimum atomic E-state index is -3.21. The van der Waals surface area contributed by atoms with Crippen LogP contribution in [0.5, 0.6) is 5.75 Å². The Balaban J connectivity index is 1.71. The van der Waals surface area contributed by atoms with Gasteiger partial charge in [-0.25, -0.2) is 0 Å². The largest absolute Gasteiger partial charge is 0.497 e. The van der Waals surface area contributed by atoms with E-state index in [1.165, 1.54) is 0 Å². The highest BCUT2D eigenvalue weighted by atomic mass is 28.4. The lowest BCUT2D eigenvalue weighted by atomic mass is 9.84. The van der Waals surface area contributed by atoms with Gasteiger partial charge in [0, 0.05) is 4.91 Å². The highest BCUT2D eigenvalue weighted by Gasteiger charge is 2.61. The summed E-state index contributed by atoms with van der Waals surface area (Å²) in [4.78, 5) is 3.52. The molecular formula is C47H63N3O7Si2. The quantitative estimate of drug-likeness (QED) is 0.0304. The second-order valence-electron chi connectivity index (χ2n) is 17.7. The summed E-state index contributed by atoms with van der Waals surface area (Å²) in [5, 5.41) is 6.36. The fourth-order valence-electron chi connectivity index (χ4n) is 7.41. The second kappa shape index (κ2) is 20.0. The van der Waals surface area contributed by atoms with Crippen molar-refractivity contribution in [1.82, 2.24) is 0 Å². The van der Waals surface area contributed by atoms with Gasteiger partial charge in [0.25, 0.3) is 8.32 Å². The van der Waals surface area contributed by atoms with Crippen LogP contribution in [0.15, 0.2) is 133 Å². The third-order valence-corrected chi connectivity index (χ3v) is 21.2. The van der Waals surface area contributed by atoms with Gasteiger partial charge in [0.2, 0.25) is 0 Å². The van der Waals surface area contributed by atoms with Crippen molar-refractivity contribution in [2.24, 2.45) is 5.11 Å². The lowest BCUT2D eigenvalue weighted by Crippen LogP contribution is -2.73. The van der Waals surface area contributed by atoms with Gasteiger partial charge < -0.3 is 32.5 Å². The predicted octanol–water partition coefficient (Wildman–Crippen LogP) is 9.74. The second-order valence-corrected chi connectivity index (χ2v) is 26.8. The molecule has 316 valence electrons. The minimum absolute atomic E-state index is 0.0679. The van der Waals surface area contributed by atoms with Gasteiger partial charge in [0.05, 0.1) is 40.1 Å². The molecule has 5 atom stereocenters. The Morgan fingerprint density at radius 3 is 1.80 bits per heavy atom. The van der Waals surface area contributed by atoms with Crippen molar-refractivity contribution in [2.45, 2.75) is 108 Å². The maximum atomic E-state index is 10.6. The fourth-order valence-corrected chi connectivity index (χ4v) is 13.0. The highest BCUT2D eigenvalue weighted by Crippen LogP contribution is 2.44. The molecule has 4 aromatic rings. The topological polar surface area (TPSA) is 113 Å². The van der Waals surface area contributed by atoms with E-state index in [4.69, 9.17) is 32.5 Å². The van der Waals surface area contributed by atoms with Crippen molar-refractivity contribution < 1.29 is 32.5 Å². The number of methoxy groups -OCH3 is 1. The molecule has 0 unspecified atom stereocenters. The third kappa shape index (κ3) is 10.6. The first-order valence-corrected chi connectivity index (χ1v) is 25.2. The highest BCUT2D eigenvalue weighted by molar-refractivity contribution is 6.99. The number of rotatable bonds is 19. The van der Waals surface area contributed by atoms with E-state index in [0.29, 0.717) is 0 Å². The summed E-state index contributed by atoms with van der Waals surface area (Å²) in [5.74, 6) is 0.740. The van der Waals surface area contributed by atoms with Gasteiger partial charge in [-0.1, -0.05) is 156 Å². The molecule has 1 saturated heterocycles. The van der Waals surface area contributed by atoms with Crippen LogP contribution < -0.4 is 15.1 Å². The van der Waals surface area contributed by atoms with Crippen molar-refractivity contribution in [3.8, 4) is 5.75 Å². The molecule has 59 heavy (non-hydrogen) atoms. The van der Waals surface area contributed by atoms with Crippen LogP contribution in [-0.2, 0) is 41.0 Å². The molecule has 5 rings (SSSR count). The molecule has 0 saturated carbocycles. The lowest BCUT2D eigenvalue weighted by molar-refractivity contribution is -0.310. The van der Waals surface area contributed by atoms with E-state index in [0.717, 1.165) is 27.2 Å². The van der Waals surface area contributed by atoms with Gasteiger partial charge >= 0.3 is 0 Å². The summed E-state index contributed by atoms with van der Waals surface area (Å²) in [5.41, 5.74) is 10.9. The van der Waals surface area contributed by atoms with Crippen LogP contribution in [0.3, 0.4) is 0 Å². The Bertz CT molecular complexity index is 1910. The summed E-state index contributed by atoms with van der Waals surface area (Å²) >= 11 is 0. The Morgan fingerprint density at radius 1 is 0.746 bits per heavy atom. The number of benzene rings is 4. The molecule has 12 heteroatoms. The Hall–Kier alpha value is -4.08. The van der Waals surface area contributed by atoms with Crippen molar-refractivity contribution in [3.63, 3.8) is 0 Å². The van der Waals surface area contributed by atoms with Crippen LogP contribution >= 0.6 is 0 Å². The van der Waals surface area contributed by atoms with Crippen LogP contribution in [0.2, 0.25) is 23.2 Å². The van der Waals surface area contributed by atoms with Crippen LogP contribution in [0.25, 0.3) is 10.4 Å². The van der Waals surface area contributed by atoms with Gasteiger partial charge in [-0.15, -0.1) is 6.58 Å². The van der Waals surface area contributed by atoms with E-state index in [-0.39, 0.29) is 43.1 Å². The first kappa shape index (κ1) is 46.0. The van der Waals surface area contributed by atoms with Crippen LogP contribution in [0.1, 0.15) is 52.7 Å². The molecule has 1 fully saturated rings. The Labute approximate surface area is 353 Å². The zero-order chi connectivity index (χ0) is 42.7. The Morgan fingerprint density at radius 2 is 1.29 bits per heavy atom. The smallest absolute Gasteiger partial charge is 0.261 e. The first-order valence-electron chi connectivity index (χ1n) is 20.3. The summed E-state index contributed by atoms with van der Waals surface area (Å²) in [6.45, 7) is 22.2. The molecule has 1 aliphatic rings. The fraction of sp³-hybridized carbons (Fsp3) is 0.447. The third-order valence-electron chi connectivity index (χ3n) is 11.7. The van der Waals surface area contributed by atoms with E-state index in [1.54, 1.807) is 13.2 Å². The Kier molecular flexibility index (Phi) is 15.6.